The first kappa shape index (κ1) is 20.3. The lowest BCUT2D eigenvalue weighted by Gasteiger charge is -2.23. The lowest BCUT2D eigenvalue weighted by molar-refractivity contribution is -0.162. The Labute approximate surface area is 185 Å². The van der Waals surface area contributed by atoms with Crippen molar-refractivity contribution < 1.29 is 23.9 Å². The Hall–Kier alpha value is -1.99. The van der Waals surface area contributed by atoms with Gasteiger partial charge >= 0.3 is 11.9 Å². The zero-order valence-corrected chi connectivity index (χ0v) is 19.0. The van der Waals surface area contributed by atoms with E-state index in [1.54, 1.807) is 43.3 Å². The number of hydrogen-bond acceptors (Lipinski definition) is 5. The summed E-state index contributed by atoms with van der Waals surface area (Å²) in [5.74, 6) is -2.00. The number of ketones is 1. The molecule has 0 bridgehead atoms. The van der Waals surface area contributed by atoms with Crippen molar-refractivity contribution in [2.24, 2.45) is 10.8 Å². The van der Waals surface area contributed by atoms with Gasteiger partial charge in [-0.2, -0.15) is 0 Å². The van der Waals surface area contributed by atoms with Crippen molar-refractivity contribution >= 4 is 49.6 Å². The van der Waals surface area contributed by atoms with E-state index in [1.165, 1.54) is 0 Å². The minimum Gasteiger partial charge on any atom is -0.465 e. The van der Waals surface area contributed by atoms with Crippen LogP contribution in [0.25, 0.3) is 0 Å². The minimum atomic E-state index is -1.68. The monoisotopic (exact) mass is 520 g/mol. The normalized spacial score (nSPS) is 26.8. The molecule has 1 aliphatic heterocycles. The van der Waals surface area contributed by atoms with Crippen LogP contribution >= 0.6 is 31.9 Å². The molecule has 1 heterocycles. The Morgan fingerprint density at radius 1 is 1.14 bits per heavy atom. The second kappa shape index (κ2) is 7.06. The van der Waals surface area contributed by atoms with E-state index in [9.17, 15) is 14.4 Å². The van der Waals surface area contributed by atoms with Crippen LogP contribution in [0.4, 0.5) is 0 Å². The number of hydrogen-bond donors (Lipinski definition) is 0. The van der Waals surface area contributed by atoms with Gasteiger partial charge in [-0.15, -0.1) is 0 Å². The molecular weight excluding hydrogens is 504 g/mol. The predicted octanol–water partition coefficient (Wildman–Crippen LogP) is 5.06. The van der Waals surface area contributed by atoms with Gasteiger partial charge < -0.3 is 9.47 Å². The summed E-state index contributed by atoms with van der Waals surface area (Å²) in [4.78, 5) is 40.2. The maximum atomic E-state index is 13.7. The van der Waals surface area contributed by atoms with Gasteiger partial charge in [-0.05, 0) is 41.4 Å². The maximum absolute atomic E-state index is 13.7. The van der Waals surface area contributed by atoms with E-state index < -0.39 is 28.7 Å². The van der Waals surface area contributed by atoms with Crippen LogP contribution in [-0.4, -0.2) is 24.3 Å². The van der Waals surface area contributed by atoms with Crippen LogP contribution in [0.2, 0.25) is 0 Å². The molecular formula is C22H18Br2O5. The van der Waals surface area contributed by atoms with Gasteiger partial charge in [0, 0.05) is 21.5 Å². The van der Waals surface area contributed by atoms with Crippen LogP contribution in [-0.2, 0) is 14.3 Å². The fourth-order valence-corrected chi connectivity index (χ4v) is 6.18. The number of halogens is 2. The highest BCUT2D eigenvalue weighted by Gasteiger charge is 2.90. The number of ether oxygens (including phenoxy) is 2. The standard InChI is InChI=1S/C22H18Br2O5/c1-3-21(18(25)12-8-6-5-7-9-12)17-14-10-13(23)11-15(24)16(14)29-20(27)22(17,21)19(26)28-4-2/h5-11,17H,3-4H2,1-2H3/t17-,21+,22-/m0/s1. The Bertz CT molecular complexity index is 1030. The Morgan fingerprint density at radius 3 is 2.45 bits per heavy atom. The number of rotatable bonds is 5. The van der Waals surface area contributed by atoms with Crippen LogP contribution in [0.15, 0.2) is 51.4 Å². The first-order valence-electron chi connectivity index (χ1n) is 9.34. The topological polar surface area (TPSA) is 69.7 Å². The van der Waals surface area contributed by atoms with Crippen molar-refractivity contribution in [3.8, 4) is 5.75 Å². The molecule has 2 aromatic rings. The SMILES string of the molecule is CCOC(=O)[C@]12C(=O)Oc3c(Br)cc(Br)cc3[C@H]1[C@]2(CC)C(=O)c1ccccc1. The van der Waals surface area contributed by atoms with E-state index in [0.29, 0.717) is 27.8 Å². The molecule has 1 saturated carbocycles. The van der Waals surface area contributed by atoms with E-state index in [4.69, 9.17) is 9.47 Å². The summed E-state index contributed by atoms with van der Waals surface area (Å²) < 4.78 is 12.3. The number of esters is 2. The zero-order chi connectivity index (χ0) is 21.0. The van der Waals surface area contributed by atoms with Crippen molar-refractivity contribution in [2.45, 2.75) is 26.2 Å². The molecule has 1 fully saturated rings. The highest BCUT2D eigenvalue weighted by Crippen LogP contribution is 2.80. The predicted molar refractivity (Wildman–Crippen MR) is 113 cm³/mol. The van der Waals surface area contributed by atoms with E-state index in [-0.39, 0.29) is 12.4 Å². The van der Waals surface area contributed by atoms with Gasteiger partial charge in [0.2, 0.25) is 0 Å². The van der Waals surface area contributed by atoms with E-state index >= 15 is 0 Å². The van der Waals surface area contributed by atoms with Gasteiger partial charge in [-0.25, -0.2) is 0 Å². The third-order valence-corrected chi connectivity index (χ3v) is 7.05. The molecule has 2 aromatic carbocycles. The second-order valence-corrected chi connectivity index (χ2v) is 8.95. The van der Waals surface area contributed by atoms with Crippen LogP contribution in [0, 0.1) is 10.8 Å². The molecule has 0 aromatic heterocycles. The number of benzene rings is 2. The average Bonchev–Trinajstić information content (AvgIpc) is 3.36. The van der Waals surface area contributed by atoms with Crippen molar-refractivity contribution in [1.82, 2.24) is 0 Å². The molecule has 29 heavy (non-hydrogen) atoms. The number of carbonyl (C=O) groups excluding carboxylic acids is 3. The first-order chi connectivity index (χ1) is 13.9. The molecule has 1 aliphatic carbocycles. The summed E-state index contributed by atoms with van der Waals surface area (Å²) in [5.41, 5.74) is -1.85. The molecule has 7 heteroatoms. The Balaban J connectivity index is 1.98. The summed E-state index contributed by atoms with van der Waals surface area (Å²) in [7, 11) is 0. The minimum absolute atomic E-state index is 0.106. The molecule has 0 saturated heterocycles. The molecule has 150 valence electrons. The van der Waals surface area contributed by atoms with E-state index in [2.05, 4.69) is 31.9 Å². The lowest BCUT2D eigenvalue weighted by Crippen LogP contribution is -2.40. The average molecular weight is 522 g/mol. The van der Waals surface area contributed by atoms with Gasteiger partial charge in [-0.3, -0.25) is 14.4 Å². The highest BCUT2D eigenvalue weighted by molar-refractivity contribution is 9.11. The Morgan fingerprint density at radius 2 is 1.83 bits per heavy atom. The molecule has 0 N–H and O–H groups in total. The summed E-state index contributed by atoms with van der Waals surface area (Å²) in [6, 6.07) is 12.3. The third kappa shape index (κ3) is 2.53. The molecule has 5 nitrogen and oxygen atoms in total. The molecule has 0 amide bonds. The van der Waals surface area contributed by atoms with Gasteiger partial charge in [0.05, 0.1) is 16.5 Å². The van der Waals surface area contributed by atoms with E-state index in [0.717, 1.165) is 4.47 Å². The maximum Gasteiger partial charge on any atom is 0.330 e. The summed E-state index contributed by atoms with van der Waals surface area (Å²) >= 11 is 6.88. The van der Waals surface area contributed by atoms with Gasteiger partial charge in [0.1, 0.15) is 5.75 Å². The number of Topliss-reactive ketones (excluding diaryl/α,β-unsaturated/α-hetero) is 1. The van der Waals surface area contributed by atoms with Crippen LogP contribution in [0.1, 0.15) is 42.1 Å². The number of carbonyl (C=O) groups is 3. The van der Waals surface area contributed by atoms with E-state index in [1.807, 2.05) is 13.0 Å². The second-order valence-electron chi connectivity index (χ2n) is 7.18. The third-order valence-electron chi connectivity index (χ3n) is 6.01. The van der Waals surface area contributed by atoms with Crippen molar-refractivity contribution in [3.05, 3.63) is 62.5 Å². The fraction of sp³-hybridized carbons (Fsp3) is 0.318. The summed E-state index contributed by atoms with van der Waals surface area (Å²) in [6.45, 7) is 3.60. The summed E-state index contributed by atoms with van der Waals surface area (Å²) in [5, 5.41) is 0. The van der Waals surface area contributed by atoms with Crippen LogP contribution < -0.4 is 4.74 Å². The molecule has 0 radical (unpaired) electrons. The molecule has 3 atom stereocenters. The highest BCUT2D eigenvalue weighted by atomic mass is 79.9. The zero-order valence-electron chi connectivity index (χ0n) is 15.8. The molecule has 2 aliphatic rings. The van der Waals surface area contributed by atoms with Crippen LogP contribution in [0.3, 0.4) is 0 Å². The molecule has 0 spiro atoms. The molecule has 4 rings (SSSR count). The smallest absolute Gasteiger partial charge is 0.330 e. The van der Waals surface area contributed by atoms with Gasteiger partial charge in [-0.1, -0.05) is 53.2 Å². The van der Waals surface area contributed by atoms with Crippen molar-refractivity contribution in [2.75, 3.05) is 6.61 Å². The van der Waals surface area contributed by atoms with Gasteiger partial charge in [0.15, 0.2) is 11.2 Å². The first-order valence-corrected chi connectivity index (χ1v) is 10.9. The van der Waals surface area contributed by atoms with Crippen molar-refractivity contribution in [3.63, 3.8) is 0 Å². The summed E-state index contributed by atoms with van der Waals surface area (Å²) in [6.07, 6.45) is 0.295. The number of fused-ring (bicyclic) bond motifs is 3. The Kier molecular flexibility index (Phi) is 4.94. The lowest BCUT2D eigenvalue weighted by atomic mass is 9.83. The van der Waals surface area contributed by atoms with Gasteiger partial charge in [0.25, 0.3) is 0 Å². The quantitative estimate of drug-likeness (QED) is 0.238. The largest absolute Gasteiger partial charge is 0.465 e. The fourth-order valence-electron chi connectivity index (χ4n) is 4.84. The molecule has 0 unspecified atom stereocenters. The van der Waals surface area contributed by atoms with Crippen molar-refractivity contribution in [1.29, 1.82) is 0 Å². The van der Waals surface area contributed by atoms with Crippen LogP contribution in [0.5, 0.6) is 5.75 Å².